The number of fused-ring (bicyclic) bond motifs is 3. The third-order valence-corrected chi connectivity index (χ3v) is 11.8. The molecule has 0 unspecified atom stereocenters. The third-order valence-electron chi connectivity index (χ3n) is 11.8. The highest BCUT2D eigenvalue weighted by Gasteiger charge is 2.23. The summed E-state index contributed by atoms with van der Waals surface area (Å²) in [7, 11) is 32.4. The lowest BCUT2D eigenvalue weighted by Gasteiger charge is -2.21. The summed E-state index contributed by atoms with van der Waals surface area (Å²) in [5.41, 5.74) is 9.46. The van der Waals surface area contributed by atoms with Crippen LogP contribution in [0.15, 0.2) is 182 Å². The second-order valence-corrected chi connectivity index (χ2v) is 15.8. The van der Waals surface area contributed by atoms with Gasteiger partial charge in [-0.25, -0.2) is 29.9 Å². The van der Waals surface area contributed by atoms with E-state index in [9.17, 15) is 0 Å². The maximum Gasteiger partial charge on any atom is 0.166 e. The van der Waals surface area contributed by atoms with E-state index < -0.39 is 0 Å². The molecule has 0 bridgehead atoms. The molecule has 10 radical (unpaired) electrons. The zero-order valence-electron chi connectivity index (χ0n) is 35.3. The molecule has 0 spiro atoms. The van der Waals surface area contributed by atoms with Gasteiger partial charge in [0.2, 0.25) is 0 Å². The van der Waals surface area contributed by atoms with Gasteiger partial charge >= 0.3 is 0 Å². The zero-order valence-corrected chi connectivity index (χ0v) is 35.3. The topological polar surface area (TPSA) is 82.3 Å². The summed E-state index contributed by atoms with van der Waals surface area (Å²) in [5.74, 6) is 2.35. The Labute approximate surface area is 388 Å². The lowest BCUT2D eigenvalue weighted by atomic mass is 9.60. The van der Waals surface area contributed by atoms with Crippen molar-refractivity contribution in [3.05, 3.63) is 182 Å². The minimum absolute atomic E-state index is 0.0866. The predicted molar refractivity (Wildman–Crippen MR) is 273 cm³/mol. The molecular weight excluding hydrogens is 801 g/mol. The first-order valence-electron chi connectivity index (χ1n) is 21.2. The van der Waals surface area contributed by atoms with Gasteiger partial charge in [-0.1, -0.05) is 163 Å². The van der Waals surface area contributed by atoms with Gasteiger partial charge < -0.3 is 4.57 Å². The van der Waals surface area contributed by atoms with E-state index in [1.807, 2.05) is 127 Å². The molecule has 11 aromatic rings. The second kappa shape index (κ2) is 16.8. The van der Waals surface area contributed by atoms with Crippen molar-refractivity contribution in [2.75, 3.05) is 0 Å². The normalized spacial score (nSPS) is 11.3. The van der Waals surface area contributed by atoms with E-state index in [-0.39, 0.29) is 38.7 Å². The molecule has 7 nitrogen and oxygen atoms in total. The number of aromatic nitrogens is 7. The molecule has 296 valence electrons. The van der Waals surface area contributed by atoms with Crippen molar-refractivity contribution in [2.24, 2.45) is 0 Å². The van der Waals surface area contributed by atoms with Crippen LogP contribution in [0.3, 0.4) is 0 Å². The number of rotatable bonds is 8. The van der Waals surface area contributed by atoms with Gasteiger partial charge in [0.1, 0.15) is 39.2 Å². The Morgan fingerprint density at radius 2 is 0.636 bits per heavy atom. The Hall–Kier alpha value is -8.10. The lowest BCUT2D eigenvalue weighted by Crippen LogP contribution is -2.55. The Kier molecular flexibility index (Phi) is 10.3. The van der Waals surface area contributed by atoms with E-state index >= 15 is 0 Å². The highest BCUT2D eigenvalue weighted by Crippen LogP contribution is 2.38. The van der Waals surface area contributed by atoms with Crippen LogP contribution in [0.2, 0.25) is 0 Å². The maximum absolute atomic E-state index is 6.67. The molecule has 0 aliphatic rings. The monoisotopic (exact) mass is 831 g/mol. The molecule has 0 fully saturated rings. The van der Waals surface area contributed by atoms with Gasteiger partial charge in [0.05, 0.1) is 16.7 Å². The highest BCUT2D eigenvalue weighted by atomic mass is 15.1. The molecule has 0 atom stereocenters. The largest absolute Gasteiger partial charge is 0.309 e. The van der Waals surface area contributed by atoms with E-state index in [1.165, 1.54) is 0 Å². The van der Waals surface area contributed by atoms with Crippen LogP contribution in [0, 0.1) is 0 Å². The molecule has 0 N–H and O–H groups in total. The minimum Gasteiger partial charge on any atom is -0.309 e. The highest BCUT2D eigenvalue weighted by molar-refractivity contribution is 6.68. The van der Waals surface area contributed by atoms with Crippen LogP contribution in [0.25, 0.3) is 107 Å². The van der Waals surface area contributed by atoms with Crippen LogP contribution in [0.4, 0.5) is 0 Å². The van der Waals surface area contributed by atoms with E-state index in [4.69, 9.17) is 69.1 Å². The maximum atomic E-state index is 6.67. The molecule has 11 rings (SSSR count). The fraction of sp³-hybridized carbons (Fsp3) is 0. The molecule has 0 saturated heterocycles. The van der Waals surface area contributed by atoms with Gasteiger partial charge in [-0.3, -0.25) is 0 Å². The summed E-state index contributed by atoms with van der Waals surface area (Å²) in [6.45, 7) is 0. The second-order valence-electron chi connectivity index (χ2n) is 15.8. The van der Waals surface area contributed by atoms with Gasteiger partial charge in [0.15, 0.2) is 34.9 Å². The standard InChI is InChI=1S/C54H30B5N7/c55-44-43(45(56)47(58)48(59)46(44)57)54-64-51(35-26-24-32(25-27-35)31-14-4-1-5-15-31)61-52(65-54)36-28-29-42(66-40-22-12-10-20-37(40)38-21-11-13-23-41(38)66)39(30-36)53-62-49(33-16-6-2-7-17-33)60-50(63-53)34-18-8-3-9-19-34/h1-30H. The quantitative estimate of drug-likeness (QED) is 0.157. The van der Waals surface area contributed by atoms with E-state index in [0.29, 0.717) is 40.2 Å². The molecular formula is C54H30B5N7. The van der Waals surface area contributed by atoms with Crippen molar-refractivity contribution in [3.63, 3.8) is 0 Å². The van der Waals surface area contributed by atoms with Gasteiger partial charge in [0, 0.05) is 44.2 Å². The number of para-hydroxylation sites is 2. The summed E-state index contributed by atoms with van der Waals surface area (Å²) in [6, 6.07) is 60.7. The molecule has 8 aromatic carbocycles. The number of benzene rings is 8. The van der Waals surface area contributed by atoms with Crippen LogP contribution < -0.4 is 27.3 Å². The van der Waals surface area contributed by atoms with Crippen LogP contribution in [-0.4, -0.2) is 73.7 Å². The predicted octanol–water partition coefficient (Wildman–Crippen LogP) is 6.79. The summed E-state index contributed by atoms with van der Waals surface area (Å²) in [6.07, 6.45) is 0. The molecule has 66 heavy (non-hydrogen) atoms. The van der Waals surface area contributed by atoms with Gasteiger partial charge in [-0.2, -0.15) is 0 Å². The van der Waals surface area contributed by atoms with Crippen LogP contribution in [-0.2, 0) is 0 Å². The molecule has 0 amide bonds. The molecule has 12 heteroatoms. The van der Waals surface area contributed by atoms with E-state index in [2.05, 4.69) is 59.2 Å². The smallest absolute Gasteiger partial charge is 0.166 e. The Morgan fingerprint density at radius 3 is 1.15 bits per heavy atom. The van der Waals surface area contributed by atoms with Gasteiger partial charge in [0.25, 0.3) is 0 Å². The molecule has 0 saturated carbocycles. The zero-order chi connectivity index (χ0) is 44.9. The van der Waals surface area contributed by atoms with Crippen LogP contribution in [0.1, 0.15) is 0 Å². The first-order valence-corrected chi connectivity index (χ1v) is 21.2. The van der Waals surface area contributed by atoms with Crippen molar-refractivity contribution in [1.29, 1.82) is 0 Å². The summed E-state index contributed by atoms with van der Waals surface area (Å²) < 4.78 is 2.25. The Bertz CT molecular complexity index is 3500. The van der Waals surface area contributed by atoms with Crippen LogP contribution >= 0.6 is 0 Å². The number of hydrogen-bond donors (Lipinski definition) is 0. The van der Waals surface area contributed by atoms with Gasteiger partial charge in [-0.05, 0) is 41.5 Å². The average molecular weight is 831 g/mol. The molecule has 0 aliphatic heterocycles. The minimum atomic E-state index is 0.0866. The fourth-order valence-corrected chi connectivity index (χ4v) is 8.44. The third kappa shape index (κ3) is 7.21. The number of hydrogen-bond acceptors (Lipinski definition) is 6. The van der Waals surface area contributed by atoms with Crippen molar-refractivity contribution in [1.82, 2.24) is 34.5 Å². The van der Waals surface area contributed by atoms with E-state index in [0.717, 1.165) is 55.3 Å². The van der Waals surface area contributed by atoms with Crippen molar-refractivity contribution >= 4 is 88.4 Å². The van der Waals surface area contributed by atoms with Crippen LogP contribution in [0.5, 0.6) is 0 Å². The summed E-state index contributed by atoms with van der Waals surface area (Å²) in [4.78, 5) is 30.6. The lowest BCUT2D eigenvalue weighted by molar-refractivity contribution is 1.06. The first-order chi connectivity index (χ1) is 32.3. The van der Waals surface area contributed by atoms with Crippen molar-refractivity contribution in [3.8, 4) is 85.1 Å². The average Bonchev–Trinajstić information content (AvgIpc) is 3.72. The van der Waals surface area contributed by atoms with Crippen molar-refractivity contribution < 1.29 is 0 Å². The number of nitrogens with zero attached hydrogens (tertiary/aromatic N) is 7. The summed E-state index contributed by atoms with van der Waals surface area (Å²) >= 11 is 0. The first kappa shape index (κ1) is 40.7. The SMILES string of the molecule is [B]c1c([B])c([B])c(-c2nc(-c3ccc(-c4ccccc4)cc3)nc(-c3ccc(-n4c5ccccc5c5ccccc54)c(-c4nc(-c5ccccc5)nc(-c5ccccc5)n4)c3)n2)c([B])c1[B]. The molecule has 0 aliphatic carbocycles. The molecule has 3 heterocycles. The van der Waals surface area contributed by atoms with Crippen molar-refractivity contribution in [2.45, 2.75) is 0 Å². The Morgan fingerprint density at radius 1 is 0.288 bits per heavy atom. The Balaban J connectivity index is 1.19. The van der Waals surface area contributed by atoms with E-state index in [1.54, 1.807) is 0 Å². The fourth-order valence-electron chi connectivity index (χ4n) is 8.44. The molecule has 3 aromatic heterocycles. The summed E-state index contributed by atoms with van der Waals surface area (Å²) in [5, 5.41) is 2.21. The van der Waals surface area contributed by atoms with Gasteiger partial charge in [-0.15, -0.1) is 16.4 Å².